The van der Waals surface area contributed by atoms with Crippen LogP contribution in [-0.4, -0.2) is 22.8 Å². The molecule has 0 radical (unpaired) electrons. The summed E-state index contributed by atoms with van der Waals surface area (Å²) in [7, 11) is 0. The van der Waals surface area contributed by atoms with E-state index >= 15 is 0 Å². The number of aliphatic hydroxyl groups is 1. The van der Waals surface area contributed by atoms with Crippen LogP contribution in [0.3, 0.4) is 0 Å². The van der Waals surface area contributed by atoms with E-state index in [1.54, 1.807) is 0 Å². The second-order valence-electron chi connectivity index (χ2n) is 4.66. The van der Waals surface area contributed by atoms with Crippen molar-refractivity contribution in [1.29, 1.82) is 0 Å². The predicted octanol–water partition coefficient (Wildman–Crippen LogP) is 1.43. The van der Waals surface area contributed by atoms with Crippen molar-refractivity contribution in [1.82, 2.24) is 5.32 Å². The number of hydrogen-bond donors (Lipinski definition) is 2. The van der Waals surface area contributed by atoms with E-state index in [1.807, 2.05) is 0 Å². The summed E-state index contributed by atoms with van der Waals surface area (Å²) in [6, 6.07) is 0.385. The first-order valence-corrected chi connectivity index (χ1v) is 5.15. The summed E-state index contributed by atoms with van der Waals surface area (Å²) < 4.78 is 0. The van der Waals surface area contributed by atoms with Crippen molar-refractivity contribution >= 4 is 0 Å². The minimum absolute atomic E-state index is 0.0811. The highest BCUT2D eigenvalue weighted by Crippen LogP contribution is 2.33. The SMILES string of the molecule is CC1(N[C@H]2CCC[C@@H]2O)CCC1. The van der Waals surface area contributed by atoms with Gasteiger partial charge in [0.1, 0.15) is 0 Å². The molecule has 70 valence electrons. The van der Waals surface area contributed by atoms with Crippen LogP contribution in [0.1, 0.15) is 45.4 Å². The summed E-state index contributed by atoms with van der Waals surface area (Å²) in [5, 5.41) is 13.2. The summed E-state index contributed by atoms with van der Waals surface area (Å²) in [5.74, 6) is 0. The zero-order valence-corrected chi connectivity index (χ0v) is 7.84. The van der Waals surface area contributed by atoms with Crippen LogP contribution in [0.4, 0.5) is 0 Å². The minimum Gasteiger partial charge on any atom is -0.392 e. The Hall–Kier alpha value is -0.0800. The fourth-order valence-corrected chi connectivity index (χ4v) is 2.41. The molecule has 0 bridgehead atoms. The lowest BCUT2D eigenvalue weighted by molar-refractivity contribution is 0.103. The van der Waals surface area contributed by atoms with E-state index in [-0.39, 0.29) is 6.10 Å². The molecule has 12 heavy (non-hydrogen) atoms. The fourth-order valence-electron chi connectivity index (χ4n) is 2.41. The molecule has 2 fully saturated rings. The van der Waals surface area contributed by atoms with Gasteiger partial charge in [-0.2, -0.15) is 0 Å². The molecule has 0 amide bonds. The maximum absolute atomic E-state index is 9.61. The van der Waals surface area contributed by atoms with Crippen molar-refractivity contribution in [2.75, 3.05) is 0 Å². The van der Waals surface area contributed by atoms with Gasteiger partial charge in [-0.3, -0.25) is 0 Å². The van der Waals surface area contributed by atoms with Gasteiger partial charge in [0, 0.05) is 11.6 Å². The molecule has 2 atom stereocenters. The highest BCUT2D eigenvalue weighted by molar-refractivity contribution is 4.96. The molecule has 0 aromatic heterocycles. The Morgan fingerprint density at radius 1 is 1.25 bits per heavy atom. The molecular formula is C10H19NO. The number of aliphatic hydroxyl groups excluding tert-OH is 1. The molecule has 2 rings (SSSR count). The number of nitrogens with one attached hydrogen (secondary N) is 1. The third kappa shape index (κ3) is 1.50. The first kappa shape index (κ1) is 8.52. The molecule has 2 nitrogen and oxygen atoms in total. The van der Waals surface area contributed by atoms with Gasteiger partial charge in [-0.1, -0.05) is 0 Å². The Kier molecular flexibility index (Phi) is 2.13. The molecule has 0 spiro atoms. The van der Waals surface area contributed by atoms with E-state index in [4.69, 9.17) is 0 Å². The van der Waals surface area contributed by atoms with Crippen LogP contribution in [0.2, 0.25) is 0 Å². The molecule has 2 heteroatoms. The highest BCUT2D eigenvalue weighted by atomic mass is 16.3. The van der Waals surface area contributed by atoms with Gasteiger partial charge >= 0.3 is 0 Å². The van der Waals surface area contributed by atoms with Crippen molar-refractivity contribution in [3.05, 3.63) is 0 Å². The Bertz CT molecular complexity index is 165. The molecular weight excluding hydrogens is 150 g/mol. The van der Waals surface area contributed by atoms with Gasteiger partial charge in [0.05, 0.1) is 6.10 Å². The number of rotatable bonds is 2. The molecule has 0 aromatic rings. The Labute approximate surface area is 74.4 Å². The van der Waals surface area contributed by atoms with E-state index < -0.39 is 0 Å². The summed E-state index contributed by atoms with van der Waals surface area (Å²) in [6.07, 6.45) is 7.19. The maximum Gasteiger partial charge on any atom is 0.0693 e. The second kappa shape index (κ2) is 3.00. The standard InChI is InChI=1S/C10H19NO/c1-10(6-3-7-10)11-8-4-2-5-9(8)12/h8-9,11-12H,2-7H2,1H3/t8-,9-/m0/s1. The number of hydrogen-bond acceptors (Lipinski definition) is 2. The topological polar surface area (TPSA) is 32.3 Å². The fraction of sp³-hybridized carbons (Fsp3) is 1.00. The molecule has 0 aromatic carbocycles. The molecule has 0 saturated heterocycles. The summed E-state index contributed by atoms with van der Waals surface area (Å²) in [4.78, 5) is 0. The maximum atomic E-state index is 9.61. The molecule has 0 unspecified atom stereocenters. The normalized spacial score (nSPS) is 39.5. The smallest absolute Gasteiger partial charge is 0.0693 e. The molecule has 2 N–H and O–H groups in total. The average molecular weight is 169 g/mol. The van der Waals surface area contributed by atoms with E-state index in [1.165, 1.54) is 25.7 Å². The lowest BCUT2D eigenvalue weighted by Crippen LogP contribution is -2.54. The molecule has 2 aliphatic carbocycles. The van der Waals surface area contributed by atoms with Gasteiger partial charge in [0.15, 0.2) is 0 Å². The van der Waals surface area contributed by atoms with Gasteiger partial charge in [-0.25, -0.2) is 0 Å². The van der Waals surface area contributed by atoms with Crippen molar-refractivity contribution in [2.45, 2.75) is 63.1 Å². The van der Waals surface area contributed by atoms with Gasteiger partial charge in [0.25, 0.3) is 0 Å². The van der Waals surface area contributed by atoms with E-state index in [9.17, 15) is 5.11 Å². The van der Waals surface area contributed by atoms with Crippen LogP contribution in [0.15, 0.2) is 0 Å². The zero-order valence-electron chi connectivity index (χ0n) is 7.84. The van der Waals surface area contributed by atoms with Gasteiger partial charge in [-0.15, -0.1) is 0 Å². The molecule has 2 saturated carbocycles. The third-order valence-corrected chi connectivity index (χ3v) is 3.47. The van der Waals surface area contributed by atoms with E-state index in [2.05, 4.69) is 12.2 Å². The van der Waals surface area contributed by atoms with E-state index in [0.29, 0.717) is 11.6 Å². The lowest BCUT2D eigenvalue weighted by atomic mass is 9.78. The molecule has 0 aliphatic heterocycles. The van der Waals surface area contributed by atoms with Crippen molar-refractivity contribution in [3.63, 3.8) is 0 Å². The van der Waals surface area contributed by atoms with Gasteiger partial charge in [0.2, 0.25) is 0 Å². The van der Waals surface area contributed by atoms with Crippen molar-refractivity contribution in [2.24, 2.45) is 0 Å². The molecule has 0 heterocycles. The molecule has 2 aliphatic rings. The first-order chi connectivity index (χ1) is 5.70. The summed E-state index contributed by atoms with van der Waals surface area (Å²) >= 11 is 0. The Morgan fingerprint density at radius 3 is 2.42 bits per heavy atom. The minimum atomic E-state index is -0.0811. The predicted molar refractivity (Wildman–Crippen MR) is 49.0 cm³/mol. The van der Waals surface area contributed by atoms with E-state index in [0.717, 1.165) is 12.8 Å². The zero-order chi connectivity index (χ0) is 8.60. The average Bonchev–Trinajstić information content (AvgIpc) is 2.34. The summed E-state index contributed by atoms with van der Waals surface area (Å²) in [5.41, 5.74) is 0.357. The van der Waals surface area contributed by atoms with Gasteiger partial charge < -0.3 is 10.4 Å². The monoisotopic (exact) mass is 169 g/mol. The van der Waals surface area contributed by atoms with Crippen LogP contribution in [0.25, 0.3) is 0 Å². The summed E-state index contributed by atoms with van der Waals surface area (Å²) in [6.45, 7) is 2.28. The quantitative estimate of drug-likeness (QED) is 0.655. The van der Waals surface area contributed by atoms with Crippen molar-refractivity contribution in [3.8, 4) is 0 Å². The highest BCUT2D eigenvalue weighted by Gasteiger charge is 2.36. The van der Waals surface area contributed by atoms with Crippen molar-refractivity contribution < 1.29 is 5.11 Å². The van der Waals surface area contributed by atoms with Crippen LogP contribution < -0.4 is 5.32 Å². The van der Waals surface area contributed by atoms with Crippen LogP contribution >= 0.6 is 0 Å². The third-order valence-electron chi connectivity index (χ3n) is 3.47. The van der Waals surface area contributed by atoms with Crippen LogP contribution in [0.5, 0.6) is 0 Å². The largest absolute Gasteiger partial charge is 0.392 e. The first-order valence-electron chi connectivity index (χ1n) is 5.15. The van der Waals surface area contributed by atoms with Gasteiger partial charge in [-0.05, 0) is 45.4 Å². The Balaban J connectivity index is 1.85. The van der Waals surface area contributed by atoms with Crippen LogP contribution in [0, 0.1) is 0 Å². The van der Waals surface area contributed by atoms with Crippen LogP contribution in [-0.2, 0) is 0 Å². The second-order valence-corrected chi connectivity index (χ2v) is 4.66. The Morgan fingerprint density at radius 2 is 2.00 bits per heavy atom. The lowest BCUT2D eigenvalue weighted by Gasteiger charge is -2.42.